The Labute approximate surface area is 147 Å². The fourth-order valence-corrected chi connectivity index (χ4v) is 3.32. The summed E-state index contributed by atoms with van der Waals surface area (Å²) in [4.78, 5) is 4.22. The molecule has 1 aromatic heterocycles. The van der Waals surface area contributed by atoms with E-state index in [9.17, 15) is 0 Å². The van der Waals surface area contributed by atoms with Gasteiger partial charge in [-0.15, -0.1) is 0 Å². The molecule has 3 N–H and O–H groups in total. The van der Waals surface area contributed by atoms with Crippen LogP contribution in [0.1, 0.15) is 16.7 Å². The van der Waals surface area contributed by atoms with Crippen molar-refractivity contribution in [3.05, 3.63) is 120 Å². The van der Waals surface area contributed by atoms with Crippen LogP contribution in [0.3, 0.4) is 0 Å². The Bertz CT molecular complexity index is 792. The average Bonchev–Trinajstić information content (AvgIpc) is 3.20. The van der Waals surface area contributed by atoms with Crippen molar-refractivity contribution in [1.82, 2.24) is 20.9 Å². The van der Waals surface area contributed by atoms with Gasteiger partial charge in [0.05, 0.1) is 0 Å². The Morgan fingerprint density at radius 2 is 1.00 bits per heavy atom. The van der Waals surface area contributed by atoms with E-state index in [0.29, 0.717) is 0 Å². The molecule has 0 aliphatic carbocycles. The summed E-state index contributed by atoms with van der Waals surface area (Å²) in [6.07, 6.45) is 3.37. The largest absolute Gasteiger partial charge is 0.344 e. The molecular weight excluding hydrogens is 308 g/mol. The zero-order chi connectivity index (χ0) is 16.2. The van der Waals surface area contributed by atoms with Crippen molar-refractivity contribution in [2.24, 2.45) is 0 Å². The topological polar surface area (TPSA) is 65.7 Å². The first kappa shape index (κ1) is 16.6. The predicted molar refractivity (Wildman–Crippen MR) is 99.7 cm³/mol. The van der Waals surface area contributed by atoms with Crippen molar-refractivity contribution in [2.45, 2.75) is 5.54 Å². The molecule has 4 rings (SSSR count). The third-order valence-corrected chi connectivity index (χ3v) is 4.34. The van der Waals surface area contributed by atoms with Gasteiger partial charge in [-0.1, -0.05) is 91.0 Å². The third kappa shape index (κ3) is 2.73. The lowest BCUT2D eigenvalue weighted by molar-refractivity contribution is 0.459. The summed E-state index contributed by atoms with van der Waals surface area (Å²) >= 11 is 0. The van der Waals surface area contributed by atoms with E-state index in [1.54, 1.807) is 12.7 Å². The van der Waals surface area contributed by atoms with E-state index in [1.165, 1.54) is 0 Å². The van der Waals surface area contributed by atoms with Crippen LogP contribution in [0.5, 0.6) is 0 Å². The van der Waals surface area contributed by atoms with Gasteiger partial charge < -0.3 is 6.15 Å². The van der Waals surface area contributed by atoms with Crippen molar-refractivity contribution in [2.75, 3.05) is 0 Å². The highest BCUT2D eigenvalue weighted by molar-refractivity contribution is 5.49. The van der Waals surface area contributed by atoms with Crippen molar-refractivity contribution in [3.63, 3.8) is 0 Å². The van der Waals surface area contributed by atoms with Gasteiger partial charge in [-0.2, -0.15) is 5.10 Å². The summed E-state index contributed by atoms with van der Waals surface area (Å²) in [5, 5.41) is 4.52. The Balaban J connectivity index is 0.00000182. The second-order valence-electron chi connectivity index (χ2n) is 5.65. The highest BCUT2D eigenvalue weighted by Gasteiger charge is 2.39. The number of rotatable bonds is 4. The highest BCUT2D eigenvalue weighted by Crippen LogP contribution is 2.39. The summed E-state index contributed by atoms with van der Waals surface area (Å²) in [7, 11) is 0. The maximum absolute atomic E-state index is 4.52. The Hall–Kier alpha value is -3.24. The summed E-state index contributed by atoms with van der Waals surface area (Å²) in [6, 6.07) is 31.3. The molecule has 4 aromatic rings. The molecule has 4 heteroatoms. The summed E-state index contributed by atoms with van der Waals surface area (Å²) < 4.78 is 1.94. The van der Waals surface area contributed by atoms with Gasteiger partial charge in [0.15, 0.2) is 0 Å². The first-order valence-electron chi connectivity index (χ1n) is 7.94. The molecule has 0 bridgehead atoms. The molecule has 0 amide bonds. The molecule has 0 atom stereocenters. The van der Waals surface area contributed by atoms with E-state index in [1.807, 2.05) is 22.9 Å². The first-order chi connectivity index (χ1) is 11.9. The maximum atomic E-state index is 4.52. The van der Waals surface area contributed by atoms with Gasteiger partial charge in [0.2, 0.25) is 0 Å². The molecule has 0 aliphatic heterocycles. The summed E-state index contributed by atoms with van der Waals surface area (Å²) in [5.74, 6) is 0. The smallest absolute Gasteiger partial charge is 0.139 e. The zero-order valence-electron chi connectivity index (χ0n) is 13.9. The van der Waals surface area contributed by atoms with Gasteiger partial charge in [-0.05, 0) is 16.7 Å². The van der Waals surface area contributed by atoms with Crippen LogP contribution in [0, 0.1) is 0 Å². The van der Waals surface area contributed by atoms with E-state index in [-0.39, 0.29) is 6.15 Å². The van der Waals surface area contributed by atoms with Crippen molar-refractivity contribution in [1.29, 1.82) is 0 Å². The van der Waals surface area contributed by atoms with Crippen LogP contribution in [0.4, 0.5) is 0 Å². The molecule has 0 saturated heterocycles. The van der Waals surface area contributed by atoms with Crippen LogP contribution >= 0.6 is 0 Å². The minimum atomic E-state index is -0.555. The lowest BCUT2D eigenvalue weighted by Crippen LogP contribution is -2.38. The first-order valence-corrected chi connectivity index (χ1v) is 7.94. The molecule has 0 unspecified atom stereocenters. The highest BCUT2D eigenvalue weighted by atomic mass is 15.4. The van der Waals surface area contributed by atoms with Crippen LogP contribution in [-0.4, -0.2) is 14.8 Å². The number of aromatic nitrogens is 3. The van der Waals surface area contributed by atoms with Crippen LogP contribution in [-0.2, 0) is 5.54 Å². The summed E-state index contributed by atoms with van der Waals surface area (Å²) in [5.41, 5.74) is 2.88. The van der Waals surface area contributed by atoms with E-state index < -0.39 is 5.54 Å². The lowest BCUT2D eigenvalue weighted by atomic mass is 9.77. The fourth-order valence-electron chi connectivity index (χ4n) is 3.32. The quantitative estimate of drug-likeness (QED) is 0.569. The molecule has 1 heterocycles. The zero-order valence-corrected chi connectivity index (χ0v) is 13.9. The van der Waals surface area contributed by atoms with Gasteiger partial charge in [0.25, 0.3) is 0 Å². The number of hydrogen-bond acceptors (Lipinski definition) is 3. The molecule has 124 valence electrons. The molecule has 0 aliphatic rings. The van der Waals surface area contributed by atoms with Gasteiger partial charge in [0, 0.05) is 0 Å². The Kier molecular flexibility index (Phi) is 4.73. The third-order valence-electron chi connectivity index (χ3n) is 4.34. The van der Waals surface area contributed by atoms with Gasteiger partial charge in [-0.25, -0.2) is 9.67 Å². The van der Waals surface area contributed by atoms with E-state index in [4.69, 9.17) is 0 Å². The Morgan fingerprint density at radius 1 is 0.600 bits per heavy atom. The molecule has 0 saturated carbocycles. The average molecular weight is 328 g/mol. The fraction of sp³-hybridized carbons (Fsp3) is 0.0476. The number of hydrogen-bond donors (Lipinski definition) is 1. The van der Waals surface area contributed by atoms with E-state index >= 15 is 0 Å². The van der Waals surface area contributed by atoms with Crippen molar-refractivity contribution < 1.29 is 0 Å². The van der Waals surface area contributed by atoms with Crippen molar-refractivity contribution in [3.8, 4) is 0 Å². The molecule has 25 heavy (non-hydrogen) atoms. The minimum Gasteiger partial charge on any atom is -0.344 e. The van der Waals surface area contributed by atoms with Gasteiger partial charge >= 0.3 is 0 Å². The SMILES string of the molecule is N.c1ccc(C(c2ccccc2)(c2ccccc2)n2cncn2)cc1. The van der Waals surface area contributed by atoms with Gasteiger partial charge in [-0.3, -0.25) is 0 Å². The Morgan fingerprint density at radius 3 is 1.32 bits per heavy atom. The monoisotopic (exact) mass is 328 g/mol. The van der Waals surface area contributed by atoms with E-state index in [2.05, 4.69) is 82.9 Å². The number of nitrogens with zero attached hydrogens (tertiary/aromatic N) is 3. The standard InChI is InChI=1S/C21H17N3.H3N/c1-4-10-18(11-5-1)21(24-17-22-16-23-24,19-12-6-2-7-13-19)20-14-8-3-9-15-20;/h1-17H;1H3. The van der Waals surface area contributed by atoms with Crippen LogP contribution in [0.15, 0.2) is 104 Å². The second-order valence-corrected chi connectivity index (χ2v) is 5.65. The van der Waals surface area contributed by atoms with Gasteiger partial charge in [0.1, 0.15) is 18.2 Å². The number of benzene rings is 3. The summed E-state index contributed by atoms with van der Waals surface area (Å²) in [6.45, 7) is 0. The predicted octanol–water partition coefficient (Wildman–Crippen LogP) is 4.28. The molecule has 0 fully saturated rings. The molecule has 4 nitrogen and oxygen atoms in total. The molecule has 0 radical (unpaired) electrons. The molecule has 3 aromatic carbocycles. The van der Waals surface area contributed by atoms with E-state index in [0.717, 1.165) is 16.7 Å². The van der Waals surface area contributed by atoms with Crippen LogP contribution in [0.25, 0.3) is 0 Å². The van der Waals surface area contributed by atoms with Crippen molar-refractivity contribution >= 4 is 0 Å². The molecule has 0 spiro atoms. The molecular formula is C21H20N4. The minimum absolute atomic E-state index is 0. The second kappa shape index (κ2) is 7.11. The van der Waals surface area contributed by atoms with Crippen LogP contribution < -0.4 is 6.15 Å². The normalized spacial score (nSPS) is 10.9. The van der Waals surface area contributed by atoms with Crippen LogP contribution in [0.2, 0.25) is 0 Å². The lowest BCUT2D eigenvalue weighted by Gasteiger charge is -2.35. The maximum Gasteiger partial charge on any atom is 0.139 e.